The van der Waals surface area contributed by atoms with Crippen molar-refractivity contribution in [3.63, 3.8) is 0 Å². The molecule has 30 heavy (non-hydrogen) atoms. The van der Waals surface area contributed by atoms with Gasteiger partial charge in [-0.2, -0.15) is 0 Å². The smallest absolute Gasteiger partial charge is 0.261 e. The number of sulfonamides is 1. The summed E-state index contributed by atoms with van der Waals surface area (Å²) in [4.78, 5) is 0.0864. The summed E-state index contributed by atoms with van der Waals surface area (Å²) in [5, 5.41) is 7.60. The molecule has 0 heterocycles. The summed E-state index contributed by atoms with van der Waals surface area (Å²) in [6.45, 7) is 1.91. The van der Waals surface area contributed by atoms with Gasteiger partial charge in [-0.3, -0.25) is 4.72 Å². The Kier molecular flexibility index (Phi) is 7.10. The number of anilines is 3. The van der Waals surface area contributed by atoms with E-state index in [0.29, 0.717) is 26.5 Å². The zero-order valence-electron chi connectivity index (χ0n) is 15.5. The molecule has 3 rings (SSSR count). The summed E-state index contributed by atoms with van der Waals surface area (Å²) in [5.74, 6) is 0. The van der Waals surface area contributed by atoms with Crippen molar-refractivity contribution in [1.29, 1.82) is 0 Å². The van der Waals surface area contributed by atoms with E-state index in [-0.39, 0.29) is 9.92 Å². The molecule has 10 heteroatoms. The SMILES string of the molecule is Cc1ccc(NC(=S)Nc2ccc(S(=O)(=O)Nc3ccc(Cl)c(Cl)c3)cc2)cc1Cl. The molecule has 3 N–H and O–H groups in total. The summed E-state index contributed by atoms with van der Waals surface area (Å²) < 4.78 is 27.6. The number of hydrogen-bond acceptors (Lipinski definition) is 3. The van der Waals surface area contributed by atoms with Gasteiger partial charge in [0.1, 0.15) is 0 Å². The van der Waals surface area contributed by atoms with Gasteiger partial charge in [0.2, 0.25) is 0 Å². The molecule has 0 saturated carbocycles. The molecule has 0 atom stereocenters. The van der Waals surface area contributed by atoms with Crippen LogP contribution >= 0.6 is 47.0 Å². The molecule has 0 aliphatic carbocycles. The van der Waals surface area contributed by atoms with Crippen LogP contribution in [-0.4, -0.2) is 13.5 Å². The maximum atomic E-state index is 12.6. The average Bonchev–Trinajstić information content (AvgIpc) is 2.68. The third-order valence-corrected chi connectivity index (χ3v) is 6.77. The molecule has 0 aliphatic heterocycles. The molecule has 0 amide bonds. The summed E-state index contributed by atoms with van der Waals surface area (Å²) >= 11 is 23.2. The first kappa shape index (κ1) is 22.7. The van der Waals surface area contributed by atoms with Crippen molar-refractivity contribution in [2.45, 2.75) is 11.8 Å². The molecule has 0 saturated heterocycles. The van der Waals surface area contributed by atoms with Crippen molar-refractivity contribution in [3.8, 4) is 0 Å². The van der Waals surface area contributed by atoms with Crippen LogP contribution in [0.4, 0.5) is 17.1 Å². The summed E-state index contributed by atoms with van der Waals surface area (Å²) in [5.41, 5.74) is 2.65. The lowest BCUT2D eigenvalue weighted by atomic mass is 10.2. The second-order valence-electron chi connectivity index (χ2n) is 6.30. The van der Waals surface area contributed by atoms with E-state index in [1.54, 1.807) is 18.2 Å². The van der Waals surface area contributed by atoms with Gasteiger partial charge < -0.3 is 10.6 Å². The topological polar surface area (TPSA) is 70.2 Å². The van der Waals surface area contributed by atoms with E-state index in [9.17, 15) is 8.42 Å². The van der Waals surface area contributed by atoms with Gasteiger partial charge in [-0.25, -0.2) is 8.42 Å². The first-order valence-corrected chi connectivity index (χ1v) is 11.6. The van der Waals surface area contributed by atoms with Crippen LogP contribution in [0.1, 0.15) is 5.56 Å². The van der Waals surface area contributed by atoms with Crippen LogP contribution in [0.5, 0.6) is 0 Å². The molecule has 5 nitrogen and oxygen atoms in total. The summed E-state index contributed by atoms with van der Waals surface area (Å²) in [6, 6.07) is 16.2. The highest BCUT2D eigenvalue weighted by atomic mass is 35.5. The first-order chi connectivity index (χ1) is 14.1. The lowest BCUT2D eigenvalue weighted by Crippen LogP contribution is -2.19. The van der Waals surface area contributed by atoms with Gasteiger partial charge in [0.15, 0.2) is 5.11 Å². The van der Waals surface area contributed by atoms with Crippen LogP contribution in [0.2, 0.25) is 15.1 Å². The summed E-state index contributed by atoms with van der Waals surface area (Å²) in [7, 11) is -3.79. The van der Waals surface area contributed by atoms with Crippen molar-refractivity contribution >= 4 is 79.2 Å². The number of halogens is 3. The first-order valence-electron chi connectivity index (χ1n) is 8.56. The molecule has 0 fully saturated rings. The van der Waals surface area contributed by atoms with E-state index in [0.717, 1.165) is 11.3 Å². The molecule has 3 aromatic rings. The van der Waals surface area contributed by atoms with Gasteiger partial charge in [-0.15, -0.1) is 0 Å². The molecule has 0 spiro atoms. The van der Waals surface area contributed by atoms with Gasteiger partial charge >= 0.3 is 0 Å². The standard InChI is InChI=1S/C20H16Cl3N3O2S2/c1-12-2-3-14(10-18(12)22)25-20(29)24-13-4-7-16(8-5-13)30(27,28)26-15-6-9-17(21)19(23)11-15/h2-11,26H,1H3,(H2,24,25,29). The molecule has 0 unspecified atom stereocenters. The molecule has 0 radical (unpaired) electrons. The molecular weight excluding hydrogens is 485 g/mol. The van der Waals surface area contributed by atoms with E-state index in [1.165, 1.54) is 30.3 Å². The fraction of sp³-hybridized carbons (Fsp3) is 0.0500. The number of nitrogens with one attached hydrogen (secondary N) is 3. The number of rotatable bonds is 5. The second kappa shape index (κ2) is 9.41. The maximum Gasteiger partial charge on any atom is 0.261 e. The predicted octanol–water partition coefficient (Wildman–Crippen LogP) is 6.56. The van der Waals surface area contributed by atoms with Gasteiger partial charge in [0, 0.05) is 16.4 Å². The second-order valence-corrected chi connectivity index (χ2v) is 9.61. The van der Waals surface area contributed by atoms with Crippen LogP contribution in [0, 0.1) is 6.92 Å². The highest BCUT2D eigenvalue weighted by Crippen LogP contribution is 2.27. The fourth-order valence-electron chi connectivity index (χ4n) is 2.46. The zero-order valence-corrected chi connectivity index (χ0v) is 19.4. The molecule has 3 aromatic carbocycles. The Bertz CT molecular complexity index is 1200. The van der Waals surface area contributed by atoms with Crippen LogP contribution in [0.15, 0.2) is 65.6 Å². The van der Waals surface area contributed by atoms with Crippen LogP contribution in [-0.2, 0) is 10.0 Å². The van der Waals surface area contributed by atoms with Crippen molar-refractivity contribution < 1.29 is 8.42 Å². The number of benzene rings is 3. The average molecular weight is 501 g/mol. The van der Waals surface area contributed by atoms with E-state index in [2.05, 4.69) is 15.4 Å². The van der Waals surface area contributed by atoms with Gasteiger partial charge in [-0.05, 0) is 79.3 Å². The highest BCUT2D eigenvalue weighted by molar-refractivity contribution is 7.92. The Balaban J connectivity index is 1.66. The lowest BCUT2D eigenvalue weighted by molar-refractivity contribution is 0.601. The third kappa shape index (κ3) is 5.77. The minimum absolute atomic E-state index is 0.0864. The van der Waals surface area contributed by atoms with Crippen molar-refractivity contribution in [3.05, 3.63) is 81.3 Å². The summed E-state index contributed by atoms with van der Waals surface area (Å²) in [6.07, 6.45) is 0. The predicted molar refractivity (Wildman–Crippen MR) is 130 cm³/mol. The van der Waals surface area contributed by atoms with Crippen molar-refractivity contribution in [2.75, 3.05) is 15.4 Å². The molecule has 0 aromatic heterocycles. The molecule has 0 aliphatic rings. The van der Waals surface area contributed by atoms with E-state index >= 15 is 0 Å². The number of thiocarbonyl (C=S) groups is 1. The normalized spacial score (nSPS) is 11.1. The number of hydrogen-bond donors (Lipinski definition) is 3. The van der Waals surface area contributed by atoms with Crippen LogP contribution < -0.4 is 15.4 Å². The largest absolute Gasteiger partial charge is 0.332 e. The van der Waals surface area contributed by atoms with E-state index in [4.69, 9.17) is 47.0 Å². The van der Waals surface area contributed by atoms with Crippen molar-refractivity contribution in [2.24, 2.45) is 0 Å². The van der Waals surface area contributed by atoms with Crippen molar-refractivity contribution in [1.82, 2.24) is 0 Å². The molecule has 156 valence electrons. The van der Waals surface area contributed by atoms with Crippen LogP contribution in [0.3, 0.4) is 0 Å². The Morgan fingerprint density at radius 2 is 1.33 bits per heavy atom. The Morgan fingerprint density at radius 3 is 1.97 bits per heavy atom. The highest BCUT2D eigenvalue weighted by Gasteiger charge is 2.15. The Hall–Kier alpha value is -2.03. The van der Waals surface area contributed by atoms with Gasteiger partial charge in [0.05, 0.1) is 20.6 Å². The molecule has 0 bridgehead atoms. The zero-order chi connectivity index (χ0) is 21.9. The maximum absolute atomic E-state index is 12.6. The van der Waals surface area contributed by atoms with Crippen LogP contribution in [0.25, 0.3) is 0 Å². The lowest BCUT2D eigenvalue weighted by Gasteiger charge is -2.12. The van der Waals surface area contributed by atoms with Gasteiger partial charge in [-0.1, -0.05) is 40.9 Å². The van der Waals surface area contributed by atoms with E-state index < -0.39 is 10.0 Å². The minimum atomic E-state index is -3.79. The van der Waals surface area contributed by atoms with Gasteiger partial charge in [0.25, 0.3) is 10.0 Å². The molecular formula is C20H16Cl3N3O2S2. The minimum Gasteiger partial charge on any atom is -0.332 e. The fourth-order valence-corrected chi connectivity index (χ4v) is 4.22. The third-order valence-electron chi connectivity index (χ3n) is 4.02. The van der Waals surface area contributed by atoms with E-state index in [1.807, 2.05) is 19.1 Å². The Labute approximate surface area is 195 Å². The Morgan fingerprint density at radius 1 is 0.767 bits per heavy atom. The number of aryl methyl sites for hydroxylation is 1. The monoisotopic (exact) mass is 499 g/mol. The quantitative estimate of drug-likeness (QED) is 0.346.